The molecule has 134 valence electrons. The summed E-state index contributed by atoms with van der Waals surface area (Å²) in [7, 11) is 4.09. The van der Waals surface area contributed by atoms with Gasteiger partial charge in [-0.1, -0.05) is 25.5 Å². The Labute approximate surface area is 146 Å². The molecular weight excluding hydrogens is 302 g/mol. The predicted octanol–water partition coefficient (Wildman–Crippen LogP) is 2.43. The Balaban J connectivity index is 2.05. The van der Waals surface area contributed by atoms with E-state index in [2.05, 4.69) is 46.3 Å². The number of amides is 1. The number of benzene rings is 1. The van der Waals surface area contributed by atoms with E-state index in [1.165, 1.54) is 11.3 Å². The number of rotatable bonds is 8. The molecule has 0 unspecified atom stereocenters. The molecule has 5 nitrogen and oxygen atoms in total. The zero-order valence-electron chi connectivity index (χ0n) is 15.3. The highest BCUT2D eigenvalue weighted by molar-refractivity contribution is 5.75. The fraction of sp³-hybridized carbons (Fsp3) is 0.632. The zero-order chi connectivity index (χ0) is 17.4. The molecule has 0 bridgehead atoms. The Morgan fingerprint density at radius 2 is 1.92 bits per heavy atom. The maximum atomic E-state index is 12.0. The summed E-state index contributed by atoms with van der Waals surface area (Å²) in [6, 6.07) is 8.83. The lowest BCUT2D eigenvalue weighted by atomic mass is 10.0. The SMILES string of the molecule is CCCCC(=O)NC[C@H](c1ccc(N(C)C)cc1)N1CCOCC1. The van der Waals surface area contributed by atoms with Gasteiger partial charge in [0, 0.05) is 45.8 Å². The van der Waals surface area contributed by atoms with Crippen LogP contribution in [-0.2, 0) is 9.53 Å². The van der Waals surface area contributed by atoms with Crippen LogP contribution in [0, 0.1) is 0 Å². The maximum absolute atomic E-state index is 12.0. The van der Waals surface area contributed by atoms with E-state index in [9.17, 15) is 4.79 Å². The van der Waals surface area contributed by atoms with Crippen molar-refractivity contribution in [3.8, 4) is 0 Å². The number of hydrogen-bond acceptors (Lipinski definition) is 4. The van der Waals surface area contributed by atoms with Crippen molar-refractivity contribution in [3.05, 3.63) is 29.8 Å². The normalized spacial score (nSPS) is 16.6. The van der Waals surface area contributed by atoms with E-state index in [-0.39, 0.29) is 11.9 Å². The summed E-state index contributed by atoms with van der Waals surface area (Å²) in [5.41, 5.74) is 2.43. The summed E-state index contributed by atoms with van der Waals surface area (Å²) in [6.07, 6.45) is 2.61. The second-order valence-electron chi connectivity index (χ2n) is 6.56. The lowest BCUT2D eigenvalue weighted by Gasteiger charge is -2.35. The molecule has 1 aliphatic rings. The molecule has 0 saturated carbocycles. The number of morpholine rings is 1. The van der Waals surface area contributed by atoms with Crippen molar-refractivity contribution in [2.45, 2.75) is 32.2 Å². The van der Waals surface area contributed by atoms with Crippen molar-refractivity contribution >= 4 is 11.6 Å². The summed E-state index contributed by atoms with van der Waals surface area (Å²) in [5.74, 6) is 0.153. The molecule has 1 aromatic rings. The van der Waals surface area contributed by atoms with Crippen LogP contribution in [0.25, 0.3) is 0 Å². The van der Waals surface area contributed by atoms with Crippen LogP contribution in [0.1, 0.15) is 37.8 Å². The van der Waals surface area contributed by atoms with Gasteiger partial charge in [-0.25, -0.2) is 0 Å². The van der Waals surface area contributed by atoms with Gasteiger partial charge in [-0.15, -0.1) is 0 Å². The highest BCUT2D eigenvalue weighted by atomic mass is 16.5. The Hall–Kier alpha value is -1.59. The van der Waals surface area contributed by atoms with Crippen molar-refractivity contribution in [2.75, 3.05) is 51.8 Å². The molecule has 1 fully saturated rings. The first-order valence-electron chi connectivity index (χ1n) is 8.97. The molecule has 1 aromatic carbocycles. The number of anilines is 1. The van der Waals surface area contributed by atoms with Crippen LogP contribution >= 0.6 is 0 Å². The van der Waals surface area contributed by atoms with Gasteiger partial charge in [-0.2, -0.15) is 0 Å². The van der Waals surface area contributed by atoms with Gasteiger partial charge in [0.2, 0.25) is 5.91 Å². The highest BCUT2D eigenvalue weighted by Crippen LogP contribution is 2.23. The van der Waals surface area contributed by atoms with Gasteiger partial charge in [-0.05, 0) is 24.1 Å². The Morgan fingerprint density at radius 1 is 1.25 bits per heavy atom. The molecule has 24 heavy (non-hydrogen) atoms. The Kier molecular flexibility index (Phi) is 7.53. The van der Waals surface area contributed by atoms with Crippen molar-refractivity contribution in [1.29, 1.82) is 0 Å². The van der Waals surface area contributed by atoms with Gasteiger partial charge in [0.15, 0.2) is 0 Å². The molecule has 0 radical (unpaired) electrons. The minimum atomic E-state index is 0.153. The van der Waals surface area contributed by atoms with Crippen LogP contribution < -0.4 is 10.2 Å². The van der Waals surface area contributed by atoms with Crippen molar-refractivity contribution in [2.24, 2.45) is 0 Å². The number of hydrogen-bond donors (Lipinski definition) is 1. The molecule has 2 rings (SSSR count). The number of unbranched alkanes of at least 4 members (excludes halogenated alkanes) is 1. The number of nitrogens with zero attached hydrogens (tertiary/aromatic N) is 2. The molecule has 0 aromatic heterocycles. The summed E-state index contributed by atoms with van der Waals surface area (Å²) < 4.78 is 5.48. The molecule has 1 N–H and O–H groups in total. The third-order valence-corrected chi connectivity index (χ3v) is 4.53. The first-order valence-corrected chi connectivity index (χ1v) is 8.97. The summed E-state index contributed by atoms with van der Waals surface area (Å²) in [5, 5.41) is 3.12. The summed E-state index contributed by atoms with van der Waals surface area (Å²) in [4.78, 5) is 16.5. The second kappa shape index (κ2) is 9.64. The van der Waals surface area contributed by atoms with Gasteiger partial charge < -0.3 is 15.0 Å². The fourth-order valence-corrected chi connectivity index (χ4v) is 2.98. The lowest BCUT2D eigenvalue weighted by Crippen LogP contribution is -2.43. The van der Waals surface area contributed by atoms with E-state index in [0.717, 1.165) is 39.1 Å². The first-order chi connectivity index (χ1) is 11.6. The van der Waals surface area contributed by atoms with Crippen molar-refractivity contribution in [3.63, 3.8) is 0 Å². The molecule has 1 atom stereocenters. The average Bonchev–Trinajstić information content (AvgIpc) is 2.61. The largest absolute Gasteiger partial charge is 0.379 e. The number of carbonyl (C=O) groups is 1. The number of ether oxygens (including phenoxy) is 1. The Morgan fingerprint density at radius 3 is 2.50 bits per heavy atom. The van der Waals surface area contributed by atoms with E-state index in [4.69, 9.17) is 4.74 Å². The standard InChI is InChI=1S/C19H31N3O2/c1-4-5-6-19(23)20-15-18(22-11-13-24-14-12-22)16-7-9-17(10-8-16)21(2)3/h7-10,18H,4-6,11-15H2,1-3H3,(H,20,23)/t18-/m1/s1. The molecular formula is C19H31N3O2. The topological polar surface area (TPSA) is 44.8 Å². The van der Waals surface area contributed by atoms with Crippen molar-refractivity contribution in [1.82, 2.24) is 10.2 Å². The smallest absolute Gasteiger partial charge is 0.220 e. The highest BCUT2D eigenvalue weighted by Gasteiger charge is 2.23. The molecule has 0 spiro atoms. The average molecular weight is 333 g/mol. The van der Waals surface area contributed by atoms with Crippen LogP contribution in [0.2, 0.25) is 0 Å². The first kappa shape index (κ1) is 18.7. The van der Waals surface area contributed by atoms with E-state index < -0.39 is 0 Å². The monoisotopic (exact) mass is 333 g/mol. The number of nitrogens with one attached hydrogen (secondary N) is 1. The van der Waals surface area contributed by atoms with Gasteiger partial charge in [-0.3, -0.25) is 9.69 Å². The van der Waals surface area contributed by atoms with Gasteiger partial charge in [0.1, 0.15) is 0 Å². The third kappa shape index (κ3) is 5.49. The minimum Gasteiger partial charge on any atom is -0.379 e. The van der Waals surface area contributed by atoms with Gasteiger partial charge in [0.05, 0.1) is 19.3 Å². The summed E-state index contributed by atoms with van der Waals surface area (Å²) in [6.45, 7) is 6.10. The predicted molar refractivity (Wildman–Crippen MR) is 98.4 cm³/mol. The van der Waals surface area contributed by atoms with Gasteiger partial charge in [0.25, 0.3) is 0 Å². The molecule has 0 aliphatic carbocycles. The molecule has 1 aliphatic heterocycles. The van der Waals surface area contributed by atoms with E-state index in [0.29, 0.717) is 13.0 Å². The van der Waals surface area contributed by atoms with Crippen LogP contribution in [0.3, 0.4) is 0 Å². The quantitative estimate of drug-likeness (QED) is 0.794. The van der Waals surface area contributed by atoms with Crippen LogP contribution in [-0.4, -0.2) is 57.8 Å². The van der Waals surface area contributed by atoms with E-state index >= 15 is 0 Å². The van der Waals surface area contributed by atoms with Gasteiger partial charge >= 0.3 is 0 Å². The van der Waals surface area contributed by atoms with Crippen LogP contribution in [0.4, 0.5) is 5.69 Å². The second-order valence-corrected chi connectivity index (χ2v) is 6.56. The summed E-state index contributed by atoms with van der Waals surface area (Å²) >= 11 is 0. The maximum Gasteiger partial charge on any atom is 0.220 e. The number of carbonyl (C=O) groups excluding carboxylic acids is 1. The Bertz CT molecular complexity index is 496. The van der Waals surface area contributed by atoms with Crippen LogP contribution in [0.15, 0.2) is 24.3 Å². The van der Waals surface area contributed by atoms with Crippen molar-refractivity contribution < 1.29 is 9.53 Å². The third-order valence-electron chi connectivity index (χ3n) is 4.53. The zero-order valence-corrected chi connectivity index (χ0v) is 15.3. The molecule has 1 amide bonds. The minimum absolute atomic E-state index is 0.153. The van der Waals surface area contributed by atoms with E-state index in [1.807, 2.05) is 14.1 Å². The van der Waals surface area contributed by atoms with Crippen LogP contribution in [0.5, 0.6) is 0 Å². The molecule has 1 heterocycles. The van der Waals surface area contributed by atoms with E-state index in [1.54, 1.807) is 0 Å². The lowest BCUT2D eigenvalue weighted by molar-refractivity contribution is -0.121. The molecule has 1 saturated heterocycles. The molecule has 5 heteroatoms. The fourth-order valence-electron chi connectivity index (χ4n) is 2.98.